The second-order valence-electron chi connectivity index (χ2n) is 3.70. The van der Waals surface area contributed by atoms with E-state index in [0.717, 1.165) is 10.9 Å². The number of amidine groups is 1. The molecule has 1 fully saturated rings. The van der Waals surface area contributed by atoms with Crippen LogP contribution in [-0.4, -0.2) is 30.4 Å². The molecule has 1 aliphatic rings. The van der Waals surface area contributed by atoms with Crippen LogP contribution in [0.2, 0.25) is 0 Å². The van der Waals surface area contributed by atoms with Gasteiger partial charge in [0, 0.05) is 10.9 Å². The van der Waals surface area contributed by atoms with Crippen LogP contribution in [0.5, 0.6) is 5.75 Å². The third-order valence-electron chi connectivity index (χ3n) is 2.52. The fourth-order valence-corrected chi connectivity index (χ4v) is 2.24. The Morgan fingerprint density at radius 2 is 2.41 bits per heavy atom. The summed E-state index contributed by atoms with van der Waals surface area (Å²) >= 11 is 3.35. The second-order valence-corrected chi connectivity index (χ2v) is 4.56. The van der Waals surface area contributed by atoms with Gasteiger partial charge in [0.25, 0.3) is 0 Å². The second kappa shape index (κ2) is 5.37. The molecule has 1 atom stereocenters. The van der Waals surface area contributed by atoms with Crippen molar-refractivity contribution in [1.82, 2.24) is 0 Å². The van der Waals surface area contributed by atoms with Crippen molar-refractivity contribution in [2.75, 3.05) is 13.2 Å². The lowest BCUT2D eigenvalue weighted by Crippen LogP contribution is -2.20. The normalized spacial score (nSPS) is 20.5. The van der Waals surface area contributed by atoms with Crippen molar-refractivity contribution in [3.05, 3.63) is 28.2 Å². The molecule has 5 nitrogen and oxygen atoms in total. The first kappa shape index (κ1) is 12.2. The molecule has 3 N–H and O–H groups in total. The van der Waals surface area contributed by atoms with E-state index in [-0.39, 0.29) is 11.9 Å². The van der Waals surface area contributed by atoms with Crippen LogP contribution in [0, 0.1) is 0 Å². The van der Waals surface area contributed by atoms with Gasteiger partial charge in [-0.2, -0.15) is 0 Å². The molecule has 0 bridgehead atoms. The third kappa shape index (κ3) is 2.70. The number of ether oxygens (including phenoxy) is 2. The summed E-state index contributed by atoms with van der Waals surface area (Å²) in [6.45, 7) is 1.28. The molecule has 0 spiro atoms. The molecule has 0 saturated carbocycles. The van der Waals surface area contributed by atoms with Gasteiger partial charge in [-0.05, 0) is 28.1 Å². The van der Waals surface area contributed by atoms with Crippen molar-refractivity contribution in [2.24, 2.45) is 10.9 Å². The van der Waals surface area contributed by atoms with Crippen molar-refractivity contribution < 1.29 is 14.7 Å². The smallest absolute Gasteiger partial charge is 0.174 e. The van der Waals surface area contributed by atoms with Crippen molar-refractivity contribution in [3.63, 3.8) is 0 Å². The van der Waals surface area contributed by atoms with Gasteiger partial charge in [-0.15, -0.1) is 0 Å². The molecule has 6 heteroatoms. The minimum atomic E-state index is 0.0198. The largest absolute Gasteiger partial charge is 0.487 e. The number of hydrogen-bond donors (Lipinski definition) is 2. The Hall–Kier alpha value is -1.27. The zero-order valence-electron chi connectivity index (χ0n) is 9.10. The SMILES string of the molecule is N/C(=N/O)c1c(Br)cccc1OC1CCOC1. The highest BCUT2D eigenvalue weighted by molar-refractivity contribution is 9.10. The summed E-state index contributed by atoms with van der Waals surface area (Å²) in [6, 6.07) is 5.44. The molecule has 1 heterocycles. The zero-order valence-corrected chi connectivity index (χ0v) is 10.7. The molecule has 1 aliphatic heterocycles. The molecule has 1 saturated heterocycles. The lowest BCUT2D eigenvalue weighted by Gasteiger charge is -2.15. The topological polar surface area (TPSA) is 77.1 Å². The van der Waals surface area contributed by atoms with Crippen molar-refractivity contribution in [1.29, 1.82) is 0 Å². The molecule has 2 rings (SSSR count). The van der Waals surface area contributed by atoms with Gasteiger partial charge in [-0.25, -0.2) is 0 Å². The average molecular weight is 301 g/mol. The summed E-state index contributed by atoms with van der Waals surface area (Å²) in [4.78, 5) is 0. The molecule has 17 heavy (non-hydrogen) atoms. The van der Waals surface area contributed by atoms with Gasteiger partial charge in [0.1, 0.15) is 11.9 Å². The number of benzene rings is 1. The van der Waals surface area contributed by atoms with E-state index in [2.05, 4.69) is 21.1 Å². The Kier molecular flexibility index (Phi) is 3.86. The van der Waals surface area contributed by atoms with E-state index < -0.39 is 0 Å². The molecular formula is C11H13BrN2O3. The molecule has 1 aromatic carbocycles. The first-order valence-electron chi connectivity index (χ1n) is 5.23. The first-order chi connectivity index (χ1) is 8.22. The Balaban J connectivity index is 2.29. The summed E-state index contributed by atoms with van der Waals surface area (Å²) < 4.78 is 11.7. The Labute approximate surface area is 107 Å². The van der Waals surface area contributed by atoms with E-state index in [1.165, 1.54) is 0 Å². The maximum atomic E-state index is 8.76. The van der Waals surface area contributed by atoms with Crippen LogP contribution in [0.1, 0.15) is 12.0 Å². The van der Waals surface area contributed by atoms with Crippen molar-refractivity contribution in [2.45, 2.75) is 12.5 Å². The molecular weight excluding hydrogens is 288 g/mol. The Morgan fingerprint density at radius 3 is 3.06 bits per heavy atom. The molecule has 1 unspecified atom stereocenters. The summed E-state index contributed by atoms with van der Waals surface area (Å²) in [5, 5.41) is 11.8. The maximum Gasteiger partial charge on any atom is 0.174 e. The molecule has 0 aliphatic carbocycles. The summed E-state index contributed by atoms with van der Waals surface area (Å²) in [5.41, 5.74) is 6.19. The highest BCUT2D eigenvalue weighted by Crippen LogP contribution is 2.28. The van der Waals surface area contributed by atoms with Crippen molar-refractivity contribution >= 4 is 21.8 Å². The van der Waals surface area contributed by atoms with E-state index in [9.17, 15) is 0 Å². The first-order valence-corrected chi connectivity index (χ1v) is 6.02. The van der Waals surface area contributed by atoms with Gasteiger partial charge in [-0.3, -0.25) is 0 Å². The Bertz CT molecular complexity index is 431. The van der Waals surface area contributed by atoms with Gasteiger partial charge in [0.05, 0.1) is 18.8 Å². The average Bonchev–Trinajstić information content (AvgIpc) is 2.81. The van der Waals surface area contributed by atoms with E-state index in [1.807, 2.05) is 12.1 Å². The molecule has 0 radical (unpaired) electrons. The number of nitrogens with two attached hydrogens (primary N) is 1. The van der Waals surface area contributed by atoms with Crippen LogP contribution in [0.15, 0.2) is 27.8 Å². The van der Waals surface area contributed by atoms with Crippen LogP contribution in [-0.2, 0) is 4.74 Å². The fraction of sp³-hybridized carbons (Fsp3) is 0.364. The third-order valence-corrected chi connectivity index (χ3v) is 3.18. The number of hydrogen-bond acceptors (Lipinski definition) is 4. The van der Waals surface area contributed by atoms with E-state index in [1.54, 1.807) is 6.07 Å². The minimum absolute atomic E-state index is 0.0198. The minimum Gasteiger partial charge on any atom is -0.487 e. The van der Waals surface area contributed by atoms with Gasteiger partial charge in [-0.1, -0.05) is 11.2 Å². The van der Waals surface area contributed by atoms with Crippen molar-refractivity contribution in [3.8, 4) is 5.75 Å². The molecule has 92 valence electrons. The van der Waals surface area contributed by atoms with E-state index in [4.69, 9.17) is 20.4 Å². The summed E-state index contributed by atoms with van der Waals surface area (Å²) in [5.74, 6) is 0.608. The monoisotopic (exact) mass is 300 g/mol. The molecule has 0 amide bonds. The molecule has 1 aromatic rings. The summed E-state index contributed by atoms with van der Waals surface area (Å²) in [6.07, 6.45) is 0.872. The number of oxime groups is 1. The Morgan fingerprint density at radius 1 is 1.59 bits per heavy atom. The lowest BCUT2D eigenvalue weighted by molar-refractivity contribution is 0.141. The number of halogens is 1. The summed E-state index contributed by atoms with van der Waals surface area (Å²) in [7, 11) is 0. The highest BCUT2D eigenvalue weighted by Gasteiger charge is 2.20. The van der Waals surface area contributed by atoms with Crippen LogP contribution in [0.4, 0.5) is 0 Å². The number of rotatable bonds is 3. The molecule has 0 aromatic heterocycles. The maximum absolute atomic E-state index is 8.76. The van der Waals surface area contributed by atoms with Crippen LogP contribution >= 0.6 is 15.9 Å². The quantitative estimate of drug-likeness (QED) is 0.386. The standard InChI is InChI=1S/C11H13BrN2O3/c12-8-2-1-3-9(10(8)11(13)14-15)17-7-4-5-16-6-7/h1-3,7,15H,4-6H2,(H2,13,14). The predicted molar refractivity (Wildman–Crippen MR) is 66.5 cm³/mol. The van der Waals surface area contributed by atoms with E-state index >= 15 is 0 Å². The van der Waals surface area contributed by atoms with Gasteiger partial charge < -0.3 is 20.4 Å². The predicted octanol–water partition coefficient (Wildman–Crippen LogP) is 1.71. The van der Waals surface area contributed by atoms with Gasteiger partial charge in [0.15, 0.2) is 5.84 Å². The van der Waals surface area contributed by atoms with Crippen LogP contribution in [0.3, 0.4) is 0 Å². The van der Waals surface area contributed by atoms with Gasteiger partial charge in [0.2, 0.25) is 0 Å². The lowest BCUT2D eigenvalue weighted by atomic mass is 10.2. The number of nitrogens with zero attached hydrogens (tertiary/aromatic N) is 1. The van der Waals surface area contributed by atoms with Crippen LogP contribution in [0.25, 0.3) is 0 Å². The van der Waals surface area contributed by atoms with E-state index in [0.29, 0.717) is 24.5 Å². The van der Waals surface area contributed by atoms with Crippen LogP contribution < -0.4 is 10.5 Å². The van der Waals surface area contributed by atoms with Gasteiger partial charge >= 0.3 is 0 Å². The fourth-order valence-electron chi connectivity index (χ4n) is 1.69. The highest BCUT2D eigenvalue weighted by atomic mass is 79.9. The zero-order chi connectivity index (χ0) is 12.3.